The SMILES string of the molecule is CC(=O)Nc1nc(CC(=O)Nc2nc3c(s2)C=CC(C)(C)C=C3)cs1. The lowest BCUT2D eigenvalue weighted by molar-refractivity contribution is -0.116. The van der Waals surface area contributed by atoms with Crippen molar-refractivity contribution in [3.63, 3.8) is 0 Å². The molecule has 0 saturated carbocycles. The van der Waals surface area contributed by atoms with Crippen molar-refractivity contribution >= 4 is 56.9 Å². The number of allylic oxidation sites excluding steroid dienone is 2. The first-order chi connectivity index (χ1) is 11.8. The lowest BCUT2D eigenvalue weighted by Gasteiger charge is -2.12. The highest BCUT2D eigenvalue weighted by atomic mass is 32.1. The van der Waals surface area contributed by atoms with Gasteiger partial charge in [-0.25, -0.2) is 9.97 Å². The van der Waals surface area contributed by atoms with Gasteiger partial charge in [-0.2, -0.15) is 0 Å². The summed E-state index contributed by atoms with van der Waals surface area (Å²) in [5.41, 5.74) is 1.48. The van der Waals surface area contributed by atoms with Crippen molar-refractivity contribution in [2.75, 3.05) is 10.6 Å². The minimum Gasteiger partial charge on any atom is -0.302 e. The molecule has 2 heterocycles. The van der Waals surface area contributed by atoms with E-state index in [4.69, 9.17) is 0 Å². The van der Waals surface area contributed by atoms with Crippen LogP contribution in [-0.2, 0) is 16.0 Å². The first-order valence-electron chi connectivity index (χ1n) is 7.72. The van der Waals surface area contributed by atoms with Crippen LogP contribution in [-0.4, -0.2) is 21.8 Å². The van der Waals surface area contributed by atoms with Crippen LogP contribution < -0.4 is 10.6 Å². The van der Waals surface area contributed by atoms with Crippen molar-refractivity contribution < 1.29 is 9.59 Å². The largest absolute Gasteiger partial charge is 0.302 e. The second-order valence-electron chi connectivity index (χ2n) is 6.31. The molecule has 0 aromatic carbocycles. The van der Waals surface area contributed by atoms with Crippen molar-refractivity contribution in [2.45, 2.75) is 27.2 Å². The quantitative estimate of drug-likeness (QED) is 0.852. The zero-order valence-corrected chi connectivity index (χ0v) is 15.8. The Morgan fingerprint density at radius 1 is 1.12 bits per heavy atom. The minimum absolute atomic E-state index is 0.0000644. The second-order valence-corrected chi connectivity index (χ2v) is 8.20. The number of rotatable bonds is 4. The highest BCUT2D eigenvalue weighted by molar-refractivity contribution is 7.16. The number of anilines is 2. The number of amides is 2. The maximum absolute atomic E-state index is 12.2. The molecule has 0 radical (unpaired) electrons. The monoisotopic (exact) mass is 374 g/mol. The van der Waals surface area contributed by atoms with E-state index in [1.807, 2.05) is 12.2 Å². The van der Waals surface area contributed by atoms with Crippen LogP contribution in [0.15, 0.2) is 17.5 Å². The standard InChI is InChI=1S/C17H18N4O2S2/c1-10(22)18-15-19-11(9-24-15)8-14(23)21-16-20-12-4-6-17(2,3)7-5-13(12)25-16/h4-7,9H,8H2,1-3H3,(H,18,19,22)(H,20,21,23). The summed E-state index contributed by atoms with van der Waals surface area (Å²) in [6.45, 7) is 5.68. The number of aromatic nitrogens is 2. The first kappa shape index (κ1) is 17.5. The van der Waals surface area contributed by atoms with E-state index >= 15 is 0 Å². The third kappa shape index (κ3) is 4.61. The third-order valence-corrected chi connectivity index (χ3v) is 5.20. The normalized spacial score (nSPS) is 14.7. The molecule has 0 fully saturated rings. The van der Waals surface area contributed by atoms with Gasteiger partial charge in [-0.3, -0.25) is 9.59 Å². The van der Waals surface area contributed by atoms with Crippen LogP contribution in [0.25, 0.3) is 12.2 Å². The molecule has 2 amide bonds. The van der Waals surface area contributed by atoms with Gasteiger partial charge in [0.1, 0.15) is 0 Å². The Kier molecular flexibility index (Phi) is 4.82. The third-order valence-electron chi connectivity index (χ3n) is 3.44. The fraction of sp³-hybridized carbons (Fsp3) is 0.294. The molecule has 25 heavy (non-hydrogen) atoms. The number of thiazole rings is 2. The Labute approximate surface area is 153 Å². The van der Waals surface area contributed by atoms with Gasteiger partial charge < -0.3 is 10.6 Å². The molecule has 0 saturated heterocycles. The van der Waals surface area contributed by atoms with E-state index in [-0.39, 0.29) is 23.7 Å². The molecule has 130 valence electrons. The molecule has 0 unspecified atom stereocenters. The molecule has 2 N–H and O–H groups in total. The summed E-state index contributed by atoms with van der Waals surface area (Å²) >= 11 is 2.74. The van der Waals surface area contributed by atoms with Gasteiger partial charge in [0.05, 0.1) is 22.7 Å². The van der Waals surface area contributed by atoms with Crippen LogP contribution in [0.1, 0.15) is 37.0 Å². The van der Waals surface area contributed by atoms with E-state index in [1.54, 1.807) is 5.38 Å². The molecular weight excluding hydrogens is 356 g/mol. The number of fused-ring (bicyclic) bond motifs is 1. The van der Waals surface area contributed by atoms with Crippen molar-refractivity contribution in [3.05, 3.63) is 33.8 Å². The molecule has 8 heteroatoms. The van der Waals surface area contributed by atoms with Gasteiger partial charge in [0.25, 0.3) is 0 Å². The first-order valence-corrected chi connectivity index (χ1v) is 9.41. The molecular formula is C17H18N4O2S2. The lowest BCUT2D eigenvalue weighted by Crippen LogP contribution is -2.14. The van der Waals surface area contributed by atoms with Gasteiger partial charge in [0.15, 0.2) is 10.3 Å². The Hall–Kier alpha value is -2.32. The number of hydrogen-bond acceptors (Lipinski definition) is 6. The zero-order chi connectivity index (χ0) is 18.0. The Morgan fingerprint density at radius 2 is 1.88 bits per heavy atom. The highest BCUT2D eigenvalue weighted by Gasteiger charge is 2.17. The van der Waals surface area contributed by atoms with Gasteiger partial charge in [0.2, 0.25) is 11.8 Å². The van der Waals surface area contributed by atoms with Crippen LogP contribution in [0.2, 0.25) is 0 Å². The summed E-state index contributed by atoms with van der Waals surface area (Å²) in [6.07, 6.45) is 8.39. The molecule has 2 aromatic heterocycles. The number of carbonyl (C=O) groups is 2. The van der Waals surface area contributed by atoms with Crippen LogP contribution in [0.5, 0.6) is 0 Å². The molecule has 0 aliphatic heterocycles. The highest BCUT2D eigenvalue weighted by Crippen LogP contribution is 2.32. The zero-order valence-electron chi connectivity index (χ0n) is 14.1. The molecule has 0 bridgehead atoms. The second kappa shape index (κ2) is 6.89. The van der Waals surface area contributed by atoms with E-state index in [0.29, 0.717) is 16.0 Å². The van der Waals surface area contributed by atoms with E-state index in [9.17, 15) is 9.59 Å². The van der Waals surface area contributed by atoms with Crippen molar-refractivity contribution in [2.24, 2.45) is 5.41 Å². The van der Waals surface area contributed by atoms with Crippen molar-refractivity contribution in [1.82, 2.24) is 9.97 Å². The summed E-state index contributed by atoms with van der Waals surface area (Å²) in [7, 11) is 0. The van der Waals surface area contributed by atoms with Gasteiger partial charge in [-0.1, -0.05) is 37.3 Å². The number of hydrogen-bond donors (Lipinski definition) is 2. The summed E-state index contributed by atoms with van der Waals surface area (Å²) in [5.74, 6) is -0.365. The Balaban J connectivity index is 1.64. The van der Waals surface area contributed by atoms with Gasteiger partial charge in [-0.05, 0) is 12.2 Å². The number of nitrogens with zero attached hydrogens (tertiary/aromatic N) is 2. The summed E-state index contributed by atoms with van der Waals surface area (Å²) < 4.78 is 0. The van der Waals surface area contributed by atoms with Crippen molar-refractivity contribution in [1.29, 1.82) is 0 Å². The molecule has 0 spiro atoms. The summed E-state index contributed by atoms with van der Waals surface area (Å²) in [4.78, 5) is 32.9. The molecule has 1 aliphatic rings. The fourth-order valence-corrected chi connectivity index (χ4v) is 3.83. The lowest BCUT2D eigenvalue weighted by atomic mass is 9.93. The molecule has 0 atom stereocenters. The maximum Gasteiger partial charge on any atom is 0.232 e. The van der Waals surface area contributed by atoms with Gasteiger partial charge in [0, 0.05) is 17.7 Å². The predicted molar refractivity (Wildman–Crippen MR) is 103 cm³/mol. The average molecular weight is 374 g/mol. The molecule has 6 nitrogen and oxygen atoms in total. The molecule has 3 rings (SSSR count). The summed E-state index contributed by atoms with van der Waals surface area (Å²) in [5, 5.41) is 8.25. The number of carbonyl (C=O) groups excluding carboxylic acids is 2. The summed E-state index contributed by atoms with van der Waals surface area (Å²) in [6, 6.07) is 0. The van der Waals surface area contributed by atoms with Crippen LogP contribution >= 0.6 is 22.7 Å². The topological polar surface area (TPSA) is 84.0 Å². The molecule has 2 aromatic rings. The maximum atomic E-state index is 12.2. The average Bonchev–Trinajstić information content (AvgIpc) is 3.06. The van der Waals surface area contributed by atoms with Crippen LogP contribution in [0.3, 0.4) is 0 Å². The minimum atomic E-state index is -0.183. The van der Waals surface area contributed by atoms with E-state index in [0.717, 1.165) is 10.6 Å². The fourth-order valence-electron chi connectivity index (χ4n) is 2.20. The Morgan fingerprint density at radius 3 is 2.64 bits per heavy atom. The van der Waals surface area contributed by atoms with Crippen LogP contribution in [0.4, 0.5) is 10.3 Å². The van der Waals surface area contributed by atoms with E-state index < -0.39 is 0 Å². The van der Waals surface area contributed by atoms with E-state index in [2.05, 4.69) is 46.6 Å². The smallest absolute Gasteiger partial charge is 0.232 e. The predicted octanol–water partition coefficient (Wildman–Crippen LogP) is 3.81. The Bertz CT molecular complexity index is 844. The number of nitrogens with one attached hydrogen (secondary N) is 2. The molecule has 1 aliphatic carbocycles. The van der Waals surface area contributed by atoms with E-state index in [1.165, 1.54) is 29.6 Å². The van der Waals surface area contributed by atoms with Crippen molar-refractivity contribution in [3.8, 4) is 0 Å². The van der Waals surface area contributed by atoms with Crippen LogP contribution in [0, 0.1) is 5.41 Å². The van der Waals surface area contributed by atoms with Gasteiger partial charge in [-0.15, -0.1) is 11.3 Å². The van der Waals surface area contributed by atoms with Gasteiger partial charge >= 0.3 is 0 Å².